The summed E-state index contributed by atoms with van der Waals surface area (Å²) >= 11 is 1.95. The minimum Gasteiger partial charge on any atom is -0.310 e. The van der Waals surface area contributed by atoms with Gasteiger partial charge in [0.25, 0.3) is 0 Å². The van der Waals surface area contributed by atoms with Crippen molar-refractivity contribution < 1.29 is 0 Å². The van der Waals surface area contributed by atoms with E-state index in [1.165, 1.54) is 38.1 Å². The lowest BCUT2D eigenvalue weighted by Gasteiger charge is -2.32. The van der Waals surface area contributed by atoms with Crippen molar-refractivity contribution in [3.8, 4) is 0 Å². The number of thioether (sulfide) groups is 1. The summed E-state index contributed by atoms with van der Waals surface area (Å²) in [7, 11) is 2.22. The van der Waals surface area contributed by atoms with Crippen molar-refractivity contribution in [1.82, 2.24) is 10.2 Å². The summed E-state index contributed by atoms with van der Waals surface area (Å²) in [5.74, 6) is 1.25. The molecule has 1 rings (SSSR count). The summed E-state index contributed by atoms with van der Waals surface area (Å²) in [5, 5.41) is 3.78. The molecule has 84 valence electrons. The summed E-state index contributed by atoms with van der Waals surface area (Å²) < 4.78 is 0. The molecule has 1 N–H and O–H groups in total. The Morgan fingerprint density at radius 3 is 2.57 bits per heavy atom. The van der Waals surface area contributed by atoms with E-state index in [2.05, 4.69) is 30.4 Å². The molecule has 1 unspecified atom stereocenters. The topological polar surface area (TPSA) is 15.3 Å². The molecule has 1 fully saturated rings. The lowest BCUT2D eigenvalue weighted by atomic mass is 10.0. The van der Waals surface area contributed by atoms with Crippen LogP contribution in [0.1, 0.15) is 26.2 Å². The van der Waals surface area contributed by atoms with Crippen LogP contribution in [-0.2, 0) is 0 Å². The van der Waals surface area contributed by atoms with Crippen LogP contribution in [-0.4, -0.2) is 49.1 Å². The van der Waals surface area contributed by atoms with Gasteiger partial charge in [0.2, 0.25) is 0 Å². The highest BCUT2D eigenvalue weighted by Crippen LogP contribution is 2.11. The second-order valence-corrected chi connectivity index (χ2v) is 5.22. The summed E-state index contributed by atoms with van der Waals surface area (Å²) in [6, 6.07) is 1.49. The van der Waals surface area contributed by atoms with E-state index in [9.17, 15) is 0 Å². The highest BCUT2D eigenvalue weighted by Gasteiger charge is 2.18. The quantitative estimate of drug-likeness (QED) is 0.754. The Morgan fingerprint density at radius 1 is 1.43 bits per heavy atom. The Hall–Kier alpha value is 0.270. The number of likely N-dealkylation sites (tertiary alicyclic amines) is 1. The standard InChI is InChI=1S/C11H24N2S/c1-4-10(9-14-3)12-11-5-7-13(2)8-6-11/h10-12H,4-9H2,1-3H3. The van der Waals surface area contributed by atoms with E-state index in [1.54, 1.807) is 0 Å². The SMILES string of the molecule is CCC(CSC)NC1CCN(C)CC1. The number of nitrogens with one attached hydrogen (secondary N) is 1. The van der Waals surface area contributed by atoms with Crippen molar-refractivity contribution in [2.24, 2.45) is 0 Å². The number of piperidine rings is 1. The predicted octanol–water partition coefficient (Wildman–Crippen LogP) is 1.81. The summed E-state index contributed by atoms with van der Waals surface area (Å²) in [6.07, 6.45) is 6.09. The molecule has 0 aromatic carbocycles. The van der Waals surface area contributed by atoms with E-state index in [4.69, 9.17) is 0 Å². The molecular formula is C11H24N2S. The minimum atomic E-state index is 0.721. The molecule has 14 heavy (non-hydrogen) atoms. The highest BCUT2D eigenvalue weighted by atomic mass is 32.2. The van der Waals surface area contributed by atoms with Crippen molar-refractivity contribution >= 4 is 11.8 Å². The van der Waals surface area contributed by atoms with Crippen LogP contribution in [0.2, 0.25) is 0 Å². The van der Waals surface area contributed by atoms with Crippen LogP contribution < -0.4 is 5.32 Å². The summed E-state index contributed by atoms with van der Waals surface area (Å²) in [4.78, 5) is 2.42. The fraction of sp³-hybridized carbons (Fsp3) is 1.00. The lowest BCUT2D eigenvalue weighted by molar-refractivity contribution is 0.226. The van der Waals surface area contributed by atoms with Crippen LogP contribution >= 0.6 is 11.8 Å². The Morgan fingerprint density at radius 2 is 2.07 bits per heavy atom. The van der Waals surface area contributed by atoms with Crippen LogP contribution in [0.25, 0.3) is 0 Å². The highest BCUT2D eigenvalue weighted by molar-refractivity contribution is 7.98. The smallest absolute Gasteiger partial charge is 0.0158 e. The first-order chi connectivity index (χ1) is 6.76. The first-order valence-electron chi connectivity index (χ1n) is 5.69. The van der Waals surface area contributed by atoms with E-state index in [1.807, 2.05) is 11.8 Å². The van der Waals surface area contributed by atoms with Crippen LogP contribution in [0.15, 0.2) is 0 Å². The zero-order valence-corrected chi connectivity index (χ0v) is 10.6. The maximum atomic E-state index is 3.78. The first kappa shape index (κ1) is 12.3. The molecule has 1 heterocycles. The molecule has 3 heteroatoms. The normalized spacial score (nSPS) is 22.5. The Balaban J connectivity index is 2.21. The van der Waals surface area contributed by atoms with Gasteiger partial charge in [-0.2, -0.15) is 11.8 Å². The Bertz CT molecular complexity index is 144. The van der Waals surface area contributed by atoms with Gasteiger partial charge in [0.15, 0.2) is 0 Å². The molecule has 1 atom stereocenters. The van der Waals surface area contributed by atoms with Crippen LogP contribution in [0.4, 0.5) is 0 Å². The van der Waals surface area contributed by atoms with Crippen molar-refractivity contribution in [3.63, 3.8) is 0 Å². The van der Waals surface area contributed by atoms with Crippen molar-refractivity contribution in [3.05, 3.63) is 0 Å². The third-order valence-corrected chi connectivity index (χ3v) is 3.79. The van der Waals surface area contributed by atoms with Gasteiger partial charge in [0.05, 0.1) is 0 Å². The maximum absolute atomic E-state index is 3.78. The average molecular weight is 216 g/mol. The van der Waals surface area contributed by atoms with Gasteiger partial charge in [-0.1, -0.05) is 6.92 Å². The van der Waals surface area contributed by atoms with E-state index in [0.29, 0.717) is 0 Å². The number of nitrogens with zero attached hydrogens (tertiary/aromatic N) is 1. The van der Waals surface area contributed by atoms with Crippen LogP contribution in [0.5, 0.6) is 0 Å². The second kappa shape index (κ2) is 6.70. The lowest BCUT2D eigenvalue weighted by Crippen LogP contribution is -2.45. The maximum Gasteiger partial charge on any atom is 0.0158 e. The van der Waals surface area contributed by atoms with Crippen molar-refractivity contribution in [1.29, 1.82) is 0 Å². The molecule has 0 spiro atoms. The zero-order chi connectivity index (χ0) is 10.4. The fourth-order valence-electron chi connectivity index (χ4n) is 1.99. The minimum absolute atomic E-state index is 0.721. The molecule has 1 saturated heterocycles. The van der Waals surface area contributed by atoms with Gasteiger partial charge in [-0.15, -0.1) is 0 Å². The number of rotatable bonds is 5. The second-order valence-electron chi connectivity index (χ2n) is 4.30. The molecule has 0 radical (unpaired) electrons. The van der Waals surface area contributed by atoms with E-state index >= 15 is 0 Å². The van der Waals surface area contributed by atoms with Gasteiger partial charge < -0.3 is 10.2 Å². The molecule has 0 saturated carbocycles. The molecule has 0 aromatic rings. The van der Waals surface area contributed by atoms with Gasteiger partial charge in [0, 0.05) is 17.8 Å². The average Bonchev–Trinajstić information content (AvgIpc) is 2.20. The molecule has 0 aliphatic carbocycles. The van der Waals surface area contributed by atoms with Gasteiger partial charge >= 0.3 is 0 Å². The van der Waals surface area contributed by atoms with E-state index in [-0.39, 0.29) is 0 Å². The van der Waals surface area contributed by atoms with Gasteiger partial charge in [0.1, 0.15) is 0 Å². The van der Waals surface area contributed by atoms with Crippen LogP contribution in [0, 0.1) is 0 Å². The molecule has 1 aliphatic rings. The predicted molar refractivity (Wildman–Crippen MR) is 66.1 cm³/mol. The fourth-order valence-corrected chi connectivity index (χ4v) is 2.73. The first-order valence-corrected chi connectivity index (χ1v) is 7.09. The van der Waals surface area contributed by atoms with E-state index < -0.39 is 0 Å². The number of hydrogen-bond acceptors (Lipinski definition) is 3. The van der Waals surface area contributed by atoms with Crippen molar-refractivity contribution in [2.75, 3.05) is 32.1 Å². The molecule has 0 bridgehead atoms. The van der Waals surface area contributed by atoms with Gasteiger partial charge in [-0.25, -0.2) is 0 Å². The van der Waals surface area contributed by atoms with Crippen LogP contribution in [0.3, 0.4) is 0 Å². The Labute approximate surface area is 92.8 Å². The monoisotopic (exact) mass is 216 g/mol. The van der Waals surface area contributed by atoms with Crippen molar-refractivity contribution in [2.45, 2.75) is 38.3 Å². The molecule has 0 aromatic heterocycles. The van der Waals surface area contributed by atoms with Gasteiger partial charge in [-0.3, -0.25) is 0 Å². The Kier molecular flexibility index (Phi) is 5.90. The largest absolute Gasteiger partial charge is 0.310 e. The molecular weight excluding hydrogens is 192 g/mol. The zero-order valence-electron chi connectivity index (χ0n) is 9.75. The molecule has 0 amide bonds. The third-order valence-electron chi connectivity index (χ3n) is 3.05. The van der Waals surface area contributed by atoms with Gasteiger partial charge in [-0.05, 0) is 45.7 Å². The summed E-state index contributed by atoms with van der Waals surface area (Å²) in [5.41, 5.74) is 0. The third kappa shape index (κ3) is 4.20. The number of hydrogen-bond donors (Lipinski definition) is 1. The summed E-state index contributed by atoms with van der Waals surface area (Å²) in [6.45, 7) is 4.80. The molecule has 2 nitrogen and oxygen atoms in total. The molecule has 1 aliphatic heterocycles. The van der Waals surface area contributed by atoms with E-state index in [0.717, 1.165) is 12.1 Å².